The van der Waals surface area contributed by atoms with E-state index in [2.05, 4.69) is 115 Å². The van der Waals surface area contributed by atoms with Crippen LogP contribution in [-0.4, -0.2) is 0 Å². The molecule has 1 aromatic heterocycles. The first kappa shape index (κ1) is 22.1. The fourth-order valence-electron chi connectivity index (χ4n) is 9.23. The maximum absolute atomic E-state index is 9.65. The Morgan fingerprint density at radius 1 is 0.327 bits per heavy atom. The van der Waals surface area contributed by atoms with Crippen LogP contribution < -0.4 is 0 Å². The third-order valence-electron chi connectivity index (χ3n) is 11.6. The molecule has 252 valence electrons. The molecule has 0 spiro atoms. The van der Waals surface area contributed by atoms with E-state index in [0.29, 0.717) is 5.56 Å². The van der Waals surface area contributed by atoms with Crippen molar-refractivity contribution in [2.45, 2.75) is 0 Å². The van der Waals surface area contributed by atoms with Gasteiger partial charge in [0.2, 0.25) is 0 Å². The first-order chi connectivity index (χ1) is 31.0. The van der Waals surface area contributed by atoms with E-state index < -0.39 is 36.3 Å². The summed E-state index contributed by atoms with van der Waals surface area (Å²) in [4.78, 5) is 0. The molecule has 55 heavy (non-hydrogen) atoms. The lowest BCUT2D eigenvalue weighted by atomic mass is 9.84. The molecule has 0 N–H and O–H groups in total. The highest BCUT2D eigenvalue weighted by molar-refractivity contribution is 6.28. The van der Waals surface area contributed by atoms with Gasteiger partial charge in [-0.3, -0.25) is 0 Å². The number of hydrogen-bond acceptors (Lipinski definition) is 1. The lowest BCUT2D eigenvalue weighted by molar-refractivity contribution is 0.669. The molecule has 13 aromatic rings. The first-order valence-corrected chi connectivity index (χ1v) is 18.3. The smallest absolute Gasteiger partial charge is 0.136 e. The van der Waals surface area contributed by atoms with E-state index in [0.717, 1.165) is 76.1 Å². The molecule has 0 amide bonds. The van der Waals surface area contributed by atoms with Crippen LogP contribution in [0.3, 0.4) is 0 Å². The lowest BCUT2D eigenvalue weighted by Gasteiger charge is -2.19. The highest BCUT2D eigenvalue weighted by Crippen LogP contribution is 2.47. The van der Waals surface area contributed by atoms with Gasteiger partial charge in [-0.2, -0.15) is 0 Å². The van der Waals surface area contributed by atoms with Crippen LogP contribution >= 0.6 is 0 Å². The third kappa shape index (κ3) is 4.02. The minimum absolute atomic E-state index is 0.0479. The zero-order chi connectivity index (χ0) is 43.6. The molecule has 12 aromatic carbocycles. The normalized spacial score (nSPS) is 14.7. The predicted molar refractivity (Wildman–Crippen MR) is 235 cm³/mol. The molecule has 0 aliphatic carbocycles. The van der Waals surface area contributed by atoms with Crippen molar-refractivity contribution in [2.24, 2.45) is 0 Å². The maximum atomic E-state index is 9.65. The van der Waals surface area contributed by atoms with Crippen LogP contribution in [-0.2, 0) is 0 Å². The van der Waals surface area contributed by atoms with Crippen molar-refractivity contribution in [1.82, 2.24) is 0 Å². The molecule has 1 heterocycles. The summed E-state index contributed by atoms with van der Waals surface area (Å²) < 4.78 is 87.4. The largest absolute Gasteiger partial charge is 0.456 e. The summed E-state index contributed by atoms with van der Waals surface area (Å²) >= 11 is 0. The highest BCUT2D eigenvalue weighted by Gasteiger charge is 2.21. The molecule has 0 bridgehead atoms. The molecule has 1 heteroatoms. The van der Waals surface area contributed by atoms with Crippen molar-refractivity contribution in [1.29, 1.82) is 0 Å². The van der Waals surface area contributed by atoms with Crippen molar-refractivity contribution in [3.05, 3.63) is 182 Å². The molecular formula is C54H30O. The summed E-state index contributed by atoms with van der Waals surface area (Å²) in [6, 6.07) is 40.7. The van der Waals surface area contributed by atoms with E-state index in [1.54, 1.807) is 0 Å². The SMILES string of the molecule is [2H]c1c([2H])c(-c2ccc(-c3ccc4ccc5cccc6ccc3c4c56)cc2-c2ccc3ccc4cccc5ccc2c3c45)c2c(oc3c([2H])c4c([2H])c([2H])c([2H])c([2H])c4c([2H])c32)c1[2H]. The maximum Gasteiger partial charge on any atom is 0.136 e. The van der Waals surface area contributed by atoms with Gasteiger partial charge in [-0.05, 0) is 133 Å². The van der Waals surface area contributed by atoms with Crippen molar-refractivity contribution in [3.63, 3.8) is 0 Å². The molecule has 0 aliphatic rings. The van der Waals surface area contributed by atoms with Gasteiger partial charge in [-0.1, -0.05) is 158 Å². The van der Waals surface area contributed by atoms with Gasteiger partial charge < -0.3 is 4.42 Å². The molecule has 13 rings (SSSR count). The summed E-state index contributed by atoms with van der Waals surface area (Å²) in [6.07, 6.45) is 0. The Bertz CT molecular complexity index is 4210. The van der Waals surface area contributed by atoms with E-state index >= 15 is 0 Å². The second kappa shape index (κ2) is 10.7. The Balaban J connectivity index is 1.19. The number of furan rings is 1. The van der Waals surface area contributed by atoms with E-state index in [1.165, 1.54) is 10.8 Å². The lowest BCUT2D eigenvalue weighted by Crippen LogP contribution is -1.92. The van der Waals surface area contributed by atoms with Crippen molar-refractivity contribution < 1.29 is 16.8 Å². The van der Waals surface area contributed by atoms with Crippen LogP contribution in [0.15, 0.2) is 186 Å². The van der Waals surface area contributed by atoms with Crippen LogP contribution in [0.5, 0.6) is 0 Å². The fourth-order valence-corrected chi connectivity index (χ4v) is 9.23. The summed E-state index contributed by atoms with van der Waals surface area (Å²) in [5.74, 6) is 0. The van der Waals surface area contributed by atoms with Gasteiger partial charge in [0.05, 0.1) is 12.3 Å². The Morgan fingerprint density at radius 2 is 0.873 bits per heavy atom. The van der Waals surface area contributed by atoms with Crippen LogP contribution in [0.1, 0.15) is 12.3 Å². The molecule has 0 atom stereocenters. The molecule has 0 aliphatic heterocycles. The van der Waals surface area contributed by atoms with Crippen molar-refractivity contribution in [3.8, 4) is 33.4 Å². The molecule has 0 saturated carbocycles. The molecular weight excluding hydrogens is 665 g/mol. The average Bonchev–Trinajstić information content (AvgIpc) is 3.73. The average molecular weight is 704 g/mol. The summed E-state index contributed by atoms with van der Waals surface area (Å²) in [6.45, 7) is 0. The molecule has 0 fully saturated rings. The Labute approximate surface area is 328 Å². The highest BCUT2D eigenvalue weighted by atomic mass is 16.3. The minimum Gasteiger partial charge on any atom is -0.456 e. The second-order valence-corrected chi connectivity index (χ2v) is 14.5. The van der Waals surface area contributed by atoms with Crippen molar-refractivity contribution in [2.75, 3.05) is 0 Å². The monoisotopic (exact) mass is 703 g/mol. The topological polar surface area (TPSA) is 13.1 Å². The van der Waals surface area contributed by atoms with Gasteiger partial charge in [0.25, 0.3) is 0 Å². The van der Waals surface area contributed by atoms with Crippen LogP contribution in [0, 0.1) is 0 Å². The quantitative estimate of drug-likeness (QED) is 0.167. The number of rotatable bonds is 3. The van der Waals surface area contributed by atoms with Gasteiger partial charge in [0, 0.05) is 10.8 Å². The van der Waals surface area contributed by atoms with Gasteiger partial charge in [-0.25, -0.2) is 0 Å². The van der Waals surface area contributed by atoms with Gasteiger partial charge in [-0.15, -0.1) is 0 Å². The zero-order valence-electron chi connectivity index (χ0n) is 38.0. The summed E-state index contributed by atoms with van der Waals surface area (Å²) in [5.41, 5.74) is 4.06. The van der Waals surface area contributed by atoms with E-state index in [9.17, 15) is 4.11 Å². The molecule has 0 radical (unpaired) electrons. The van der Waals surface area contributed by atoms with Crippen LogP contribution in [0.25, 0.3) is 131 Å². The van der Waals surface area contributed by atoms with Gasteiger partial charge in [0.1, 0.15) is 11.2 Å². The Hall–Kier alpha value is -7.22. The molecule has 0 unspecified atom stereocenters. The number of hydrogen-bond donors (Lipinski definition) is 0. The van der Waals surface area contributed by atoms with Gasteiger partial charge >= 0.3 is 0 Å². The minimum atomic E-state index is -0.535. The number of benzene rings is 12. The zero-order valence-corrected chi connectivity index (χ0v) is 29.0. The van der Waals surface area contributed by atoms with E-state index in [4.69, 9.17) is 12.6 Å². The van der Waals surface area contributed by atoms with Gasteiger partial charge in [0.15, 0.2) is 0 Å². The van der Waals surface area contributed by atoms with Crippen LogP contribution in [0.4, 0.5) is 0 Å². The van der Waals surface area contributed by atoms with Crippen molar-refractivity contribution >= 4 is 97.3 Å². The van der Waals surface area contributed by atoms with E-state index in [1.807, 2.05) is 12.1 Å². The summed E-state index contributed by atoms with van der Waals surface area (Å²) in [5, 5.41) is 13.3. The third-order valence-corrected chi connectivity index (χ3v) is 11.6. The first-order valence-electron chi connectivity index (χ1n) is 22.8. The second-order valence-electron chi connectivity index (χ2n) is 14.5. The summed E-state index contributed by atoms with van der Waals surface area (Å²) in [7, 11) is 0. The Morgan fingerprint density at radius 3 is 1.55 bits per heavy atom. The Kier molecular flexibility index (Phi) is 4.29. The van der Waals surface area contributed by atoms with E-state index in [-0.39, 0.29) is 56.4 Å². The van der Waals surface area contributed by atoms with Crippen LogP contribution in [0.2, 0.25) is 0 Å². The fraction of sp³-hybridized carbons (Fsp3) is 0. The standard InChI is InChI=1S/C54H30O/c1-2-7-38-30-49-47(28-37(38)6-1)54-43(12-5-13-48(54)55-49)41-25-22-39(40-23-18-35-16-14-31-8-3-10-33-20-26-44(40)52(35)50(31)33)29-46(41)42-24-19-36-17-15-32-9-4-11-34-21-27-45(42)53(36)51(32)34/h1-30H/i1D,2D,5D,6D,7D,12D,13D,28D,30D. The molecule has 1 nitrogen and oxygen atoms in total. The number of fused-ring (bicyclic) bond motifs is 4. The predicted octanol–water partition coefficient (Wildman–Crippen LogP) is 15.5. The molecule has 0 saturated heterocycles.